The van der Waals surface area contributed by atoms with E-state index in [0.29, 0.717) is 30.2 Å². The van der Waals surface area contributed by atoms with Gasteiger partial charge in [0.1, 0.15) is 29.5 Å². The molecule has 1 N–H and O–H groups in total. The van der Waals surface area contributed by atoms with Crippen LogP contribution in [-0.4, -0.2) is 33.0 Å². The Morgan fingerprint density at radius 1 is 1.06 bits per heavy atom. The van der Waals surface area contributed by atoms with Crippen LogP contribution >= 0.6 is 12.2 Å². The van der Waals surface area contributed by atoms with Crippen LogP contribution < -0.4 is 10.1 Å². The zero-order valence-electron chi connectivity index (χ0n) is 18.4. The molecule has 1 aliphatic rings. The molecule has 5 rings (SSSR count). The Kier molecular flexibility index (Phi) is 6.15. The number of ether oxygens (including phenoxy) is 1. The van der Waals surface area contributed by atoms with Crippen LogP contribution in [-0.2, 0) is 22.7 Å². The molecule has 2 amide bonds. The number of carbonyl (C=O) groups is 2. The molecule has 4 aromatic rings. The molecular formula is C26H20FN3O4S. The molecular weight excluding hydrogens is 469 g/mol. The lowest BCUT2D eigenvalue weighted by Gasteiger charge is -2.28. The average Bonchev–Trinajstić information content (AvgIpc) is 3.49. The van der Waals surface area contributed by atoms with Crippen LogP contribution in [0, 0.1) is 5.82 Å². The van der Waals surface area contributed by atoms with Gasteiger partial charge in [-0.25, -0.2) is 4.39 Å². The summed E-state index contributed by atoms with van der Waals surface area (Å²) in [6.45, 7) is 0.978. The maximum absolute atomic E-state index is 13.2. The van der Waals surface area contributed by atoms with Crippen molar-refractivity contribution in [2.75, 3.05) is 6.61 Å². The number of benzene rings is 2. The van der Waals surface area contributed by atoms with Gasteiger partial charge < -0.3 is 13.7 Å². The SMILES string of the molecule is O=C1NC(=S)N(Cc2ccco2)C(=O)/C1=C/c1cn(CCOc2ccc(F)cc2)c2ccccc12. The highest BCUT2D eigenvalue weighted by atomic mass is 32.1. The molecule has 0 radical (unpaired) electrons. The molecule has 3 heterocycles. The maximum atomic E-state index is 13.2. The fraction of sp³-hybridized carbons (Fsp3) is 0.115. The number of nitrogens with one attached hydrogen (secondary N) is 1. The Morgan fingerprint density at radius 2 is 1.86 bits per heavy atom. The monoisotopic (exact) mass is 489 g/mol. The zero-order valence-corrected chi connectivity index (χ0v) is 19.3. The first-order chi connectivity index (χ1) is 17.0. The predicted octanol–water partition coefficient (Wildman–Crippen LogP) is 4.28. The number of nitrogens with zero attached hydrogens (tertiary/aromatic N) is 2. The smallest absolute Gasteiger partial charge is 0.266 e. The minimum Gasteiger partial charge on any atom is -0.492 e. The molecule has 0 saturated carbocycles. The number of rotatable bonds is 7. The molecule has 7 nitrogen and oxygen atoms in total. The van der Waals surface area contributed by atoms with Gasteiger partial charge in [0.2, 0.25) is 0 Å². The van der Waals surface area contributed by atoms with E-state index in [4.69, 9.17) is 21.4 Å². The van der Waals surface area contributed by atoms with Crippen LogP contribution in [0.2, 0.25) is 0 Å². The van der Waals surface area contributed by atoms with E-state index < -0.39 is 11.8 Å². The summed E-state index contributed by atoms with van der Waals surface area (Å²) >= 11 is 5.21. The van der Waals surface area contributed by atoms with Crippen LogP contribution in [0.15, 0.2) is 83.1 Å². The Morgan fingerprint density at radius 3 is 2.63 bits per heavy atom. The Balaban J connectivity index is 1.41. The van der Waals surface area contributed by atoms with Gasteiger partial charge in [-0.1, -0.05) is 18.2 Å². The van der Waals surface area contributed by atoms with E-state index >= 15 is 0 Å². The van der Waals surface area contributed by atoms with Crippen molar-refractivity contribution >= 4 is 46.1 Å². The summed E-state index contributed by atoms with van der Waals surface area (Å²) in [6.07, 6.45) is 4.96. The third-order valence-corrected chi connectivity index (χ3v) is 5.94. The summed E-state index contributed by atoms with van der Waals surface area (Å²) in [5.74, 6) is -0.244. The fourth-order valence-corrected chi connectivity index (χ4v) is 4.16. The van der Waals surface area contributed by atoms with Gasteiger partial charge in [-0.15, -0.1) is 0 Å². The van der Waals surface area contributed by atoms with Gasteiger partial charge in [-0.3, -0.25) is 19.8 Å². The number of halogens is 1. The first-order valence-electron chi connectivity index (χ1n) is 10.9. The molecule has 2 aromatic carbocycles. The second-order valence-electron chi connectivity index (χ2n) is 7.89. The second-order valence-corrected chi connectivity index (χ2v) is 8.27. The summed E-state index contributed by atoms with van der Waals surface area (Å²) in [5.41, 5.74) is 1.62. The van der Waals surface area contributed by atoms with E-state index in [1.807, 2.05) is 35.0 Å². The number of para-hydroxylation sites is 1. The molecule has 1 aliphatic heterocycles. The molecule has 0 unspecified atom stereocenters. The second kappa shape index (κ2) is 9.55. The summed E-state index contributed by atoms with van der Waals surface area (Å²) in [7, 11) is 0. The molecule has 0 spiro atoms. The first kappa shape index (κ1) is 22.5. The van der Waals surface area contributed by atoms with Crippen LogP contribution in [0.4, 0.5) is 4.39 Å². The van der Waals surface area contributed by atoms with Crippen molar-refractivity contribution in [3.8, 4) is 5.75 Å². The number of furan rings is 1. The summed E-state index contributed by atoms with van der Waals surface area (Å²) < 4.78 is 26.2. The van der Waals surface area contributed by atoms with E-state index in [0.717, 1.165) is 10.9 Å². The molecule has 176 valence electrons. The average molecular weight is 490 g/mol. The topological polar surface area (TPSA) is 76.7 Å². The summed E-state index contributed by atoms with van der Waals surface area (Å²) in [5, 5.41) is 3.51. The molecule has 9 heteroatoms. The summed E-state index contributed by atoms with van der Waals surface area (Å²) in [4.78, 5) is 27.2. The van der Waals surface area contributed by atoms with Crippen molar-refractivity contribution in [3.05, 3.63) is 95.8 Å². The number of thiocarbonyl (C=S) groups is 1. The van der Waals surface area contributed by atoms with Crippen molar-refractivity contribution in [1.29, 1.82) is 0 Å². The van der Waals surface area contributed by atoms with E-state index in [-0.39, 0.29) is 23.0 Å². The summed E-state index contributed by atoms with van der Waals surface area (Å²) in [6, 6.07) is 17.0. The van der Waals surface area contributed by atoms with Gasteiger partial charge in [-0.05, 0) is 60.8 Å². The van der Waals surface area contributed by atoms with Crippen molar-refractivity contribution in [1.82, 2.24) is 14.8 Å². The third-order valence-electron chi connectivity index (χ3n) is 5.61. The van der Waals surface area contributed by atoms with Crippen LogP contribution in [0.3, 0.4) is 0 Å². The maximum Gasteiger partial charge on any atom is 0.266 e. The van der Waals surface area contributed by atoms with Crippen LogP contribution in [0.1, 0.15) is 11.3 Å². The Bertz CT molecular complexity index is 1440. The molecule has 2 aromatic heterocycles. The first-order valence-corrected chi connectivity index (χ1v) is 11.3. The molecule has 1 saturated heterocycles. The van der Waals surface area contributed by atoms with Crippen molar-refractivity contribution in [2.24, 2.45) is 0 Å². The molecule has 0 atom stereocenters. The van der Waals surface area contributed by atoms with E-state index in [9.17, 15) is 14.0 Å². The number of hydrogen-bond donors (Lipinski definition) is 1. The molecule has 1 fully saturated rings. The van der Waals surface area contributed by atoms with Gasteiger partial charge in [-0.2, -0.15) is 0 Å². The van der Waals surface area contributed by atoms with Crippen molar-refractivity contribution < 1.29 is 23.1 Å². The van der Waals surface area contributed by atoms with Gasteiger partial charge in [0.05, 0.1) is 19.4 Å². The van der Waals surface area contributed by atoms with E-state index in [1.165, 1.54) is 23.3 Å². The fourth-order valence-electron chi connectivity index (χ4n) is 3.92. The molecule has 0 bridgehead atoms. The number of amides is 2. The quantitative estimate of drug-likeness (QED) is 0.238. The number of aromatic nitrogens is 1. The predicted molar refractivity (Wildman–Crippen MR) is 132 cm³/mol. The van der Waals surface area contributed by atoms with Crippen molar-refractivity contribution in [3.63, 3.8) is 0 Å². The minimum absolute atomic E-state index is 0.0179. The van der Waals surface area contributed by atoms with Crippen LogP contribution in [0.25, 0.3) is 17.0 Å². The van der Waals surface area contributed by atoms with Crippen LogP contribution in [0.5, 0.6) is 5.75 Å². The normalized spacial score (nSPS) is 15.2. The highest BCUT2D eigenvalue weighted by Gasteiger charge is 2.34. The molecule has 0 aliphatic carbocycles. The van der Waals surface area contributed by atoms with Gasteiger partial charge in [0.15, 0.2) is 5.11 Å². The zero-order chi connectivity index (χ0) is 24.4. The standard InChI is InChI=1S/C26H20FN3O4S/c27-18-7-9-19(10-8-18)34-13-11-29-15-17(21-5-1-2-6-23(21)29)14-22-24(31)28-26(35)30(25(22)32)16-20-4-3-12-33-20/h1-10,12,14-15H,11,13,16H2,(H,28,31,35)/b22-14+. The minimum atomic E-state index is -0.549. The molecule has 35 heavy (non-hydrogen) atoms. The van der Waals surface area contributed by atoms with E-state index in [1.54, 1.807) is 30.3 Å². The number of fused-ring (bicyclic) bond motifs is 1. The van der Waals surface area contributed by atoms with Gasteiger partial charge >= 0.3 is 0 Å². The van der Waals surface area contributed by atoms with Gasteiger partial charge in [0.25, 0.3) is 11.8 Å². The van der Waals surface area contributed by atoms with Crippen molar-refractivity contribution in [2.45, 2.75) is 13.1 Å². The Hall–Kier alpha value is -4.24. The number of hydrogen-bond acceptors (Lipinski definition) is 5. The van der Waals surface area contributed by atoms with Gasteiger partial charge in [0, 0.05) is 22.7 Å². The largest absolute Gasteiger partial charge is 0.492 e. The highest BCUT2D eigenvalue weighted by Crippen LogP contribution is 2.25. The lowest BCUT2D eigenvalue weighted by molar-refractivity contribution is -0.129. The number of carbonyl (C=O) groups excluding carboxylic acids is 2. The lowest BCUT2D eigenvalue weighted by atomic mass is 10.1. The lowest BCUT2D eigenvalue weighted by Crippen LogP contribution is -2.53. The van der Waals surface area contributed by atoms with E-state index in [2.05, 4.69) is 5.32 Å². The third kappa shape index (κ3) is 4.71. The Labute approximate surface area is 205 Å². The highest BCUT2D eigenvalue weighted by molar-refractivity contribution is 7.80.